The third kappa shape index (κ3) is 4.11. The van der Waals surface area contributed by atoms with Gasteiger partial charge in [-0.2, -0.15) is 0 Å². The fourth-order valence-corrected chi connectivity index (χ4v) is 6.52. The van der Waals surface area contributed by atoms with Crippen LogP contribution >= 0.6 is 0 Å². The maximum absolute atomic E-state index is 14.0. The van der Waals surface area contributed by atoms with Crippen LogP contribution in [0.1, 0.15) is 44.4 Å². The second-order valence-corrected chi connectivity index (χ2v) is 10.4. The predicted octanol–water partition coefficient (Wildman–Crippen LogP) is 4.61. The summed E-state index contributed by atoms with van der Waals surface area (Å²) in [6.07, 6.45) is -0.0495. The van der Waals surface area contributed by atoms with Crippen molar-refractivity contribution in [1.29, 1.82) is 0 Å². The molecule has 0 saturated carbocycles. The average molecular weight is 475 g/mol. The number of aromatic nitrogens is 1. The van der Waals surface area contributed by atoms with Gasteiger partial charge in [-0.05, 0) is 55.7 Å². The smallest absolute Gasteiger partial charge is 0.407 e. The topological polar surface area (TPSA) is 99.8 Å². The maximum atomic E-state index is 14.0. The van der Waals surface area contributed by atoms with Gasteiger partial charge >= 0.3 is 6.09 Å². The van der Waals surface area contributed by atoms with Crippen molar-refractivity contribution in [2.24, 2.45) is 5.41 Å². The first-order valence-corrected chi connectivity index (χ1v) is 12.4. The second-order valence-electron chi connectivity index (χ2n) is 8.64. The molecule has 1 aromatic heterocycles. The van der Waals surface area contributed by atoms with E-state index in [9.17, 15) is 27.8 Å². The van der Waals surface area contributed by atoms with E-state index in [0.717, 1.165) is 10.4 Å². The molecule has 33 heavy (non-hydrogen) atoms. The summed E-state index contributed by atoms with van der Waals surface area (Å²) in [5.74, 6) is -0.504. The molecular weight excluding hydrogens is 447 g/mol. The van der Waals surface area contributed by atoms with Crippen molar-refractivity contribution < 1.29 is 27.8 Å². The number of carbonyl (C=O) groups is 1. The Morgan fingerprint density at radius 3 is 2.39 bits per heavy atom. The van der Waals surface area contributed by atoms with E-state index in [4.69, 9.17) is 0 Å². The number of aliphatic hydroxyl groups excluding tert-OH is 1. The zero-order chi connectivity index (χ0) is 23.8. The third-order valence-corrected chi connectivity index (χ3v) is 8.42. The number of halogens is 1. The molecule has 3 aromatic rings. The lowest BCUT2D eigenvalue weighted by Gasteiger charge is -2.44. The number of carboxylic acid groups (broad SMARTS) is 1. The minimum absolute atomic E-state index is 0.0607. The molecule has 7 nitrogen and oxygen atoms in total. The average Bonchev–Trinajstić information content (AvgIpc) is 3.19. The Morgan fingerprint density at radius 2 is 1.79 bits per heavy atom. The first-order valence-electron chi connectivity index (χ1n) is 11.0. The lowest BCUT2D eigenvalue weighted by Crippen LogP contribution is -2.45. The summed E-state index contributed by atoms with van der Waals surface area (Å²) in [5.41, 5.74) is -0.252. The lowest BCUT2D eigenvalue weighted by molar-refractivity contribution is -0.0314. The number of hydrogen-bond acceptors (Lipinski definition) is 4. The molecule has 1 aliphatic heterocycles. The molecule has 1 aliphatic rings. The number of hydrogen-bond donors (Lipinski definition) is 2. The summed E-state index contributed by atoms with van der Waals surface area (Å²) in [7, 11) is -4.09. The molecule has 176 valence electrons. The molecule has 0 radical (unpaired) electrons. The van der Waals surface area contributed by atoms with Crippen molar-refractivity contribution in [2.45, 2.75) is 43.6 Å². The number of rotatable bonds is 6. The van der Waals surface area contributed by atoms with Crippen molar-refractivity contribution in [1.82, 2.24) is 8.87 Å². The van der Waals surface area contributed by atoms with Gasteiger partial charge in [-0.1, -0.05) is 31.5 Å². The standard InChI is InChI=1S/C24H27FN2O5S/c1-2-10-24(11-13-26(14-12-24)23(29)30)22(28)21-16-17-15-18(25)8-9-20(17)27(21)33(31,32)19-6-4-3-5-7-19/h3-9,15-16,22,28H,2,10-14H2,1H3,(H,29,30). The summed E-state index contributed by atoms with van der Waals surface area (Å²) in [5, 5.41) is 21.4. The summed E-state index contributed by atoms with van der Waals surface area (Å²) >= 11 is 0. The van der Waals surface area contributed by atoms with Gasteiger partial charge in [0.1, 0.15) is 11.9 Å². The normalized spacial score (nSPS) is 17.2. The van der Waals surface area contributed by atoms with E-state index in [2.05, 4.69) is 0 Å². The van der Waals surface area contributed by atoms with Gasteiger partial charge in [0.15, 0.2) is 0 Å². The zero-order valence-corrected chi connectivity index (χ0v) is 19.1. The van der Waals surface area contributed by atoms with Crippen molar-refractivity contribution in [2.75, 3.05) is 13.1 Å². The van der Waals surface area contributed by atoms with E-state index in [1.54, 1.807) is 18.2 Å². The van der Waals surface area contributed by atoms with Crippen molar-refractivity contribution in [3.05, 3.63) is 66.1 Å². The summed E-state index contributed by atoms with van der Waals surface area (Å²) < 4.78 is 42.5. The van der Waals surface area contributed by atoms with Gasteiger partial charge < -0.3 is 15.1 Å². The number of piperidine rings is 1. The highest BCUT2D eigenvalue weighted by Crippen LogP contribution is 2.48. The highest BCUT2D eigenvalue weighted by Gasteiger charge is 2.44. The second kappa shape index (κ2) is 8.79. The van der Waals surface area contributed by atoms with Crippen LogP contribution < -0.4 is 0 Å². The number of nitrogens with zero attached hydrogens (tertiary/aromatic N) is 2. The Bertz CT molecular complexity index is 1260. The van der Waals surface area contributed by atoms with Gasteiger partial charge in [0.05, 0.1) is 16.1 Å². The van der Waals surface area contributed by atoms with Gasteiger partial charge in [0.25, 0.3) is 10.0 Å². The lowest BCUT2D eigenvalue weighted by atomic mass is 9.70. The van der Waals surface area contributed by atoms with Crippen molar-refractivity contribution in [3.63, 3.8) is 0 Å². The molecule has 1 unspecified atom stereocenters. The first-order chi connectivity index (χ1) is 15.7. The maximum Gasteiger partial charge on any atom is 0.407 e. The highest BCUT2D eigenvalue weighted by molar-refractivity contribution is 7.90. The monoisotopic (exact) mass is 474 g/mol. The summed E-state index contributed by atoms with van der Waals surface area (Å²) in [4.78, 5) is 12.8. The molecule has 2 N–H and O–H groups in total. The van der Waals surface area contributed by atoms with Crippen LogP contribution in [0, 0.1) is 11.2 Å². The van der Waals surface area contributed by atoms with Crippen LogP contribution in [0.4, 0.5) is 9.18 Å². The van der Waals surface area contributed by atoms with Crippen LogP contribution in [-0.2, 0) is 10.0 Å². The first kappa shape index (κ1) is 23.3. The molecule has 0 aliphatic carbocycles. The van der Waals surface area contributed by atoms with E-state index in [-0.39, 0.29) is 29.2 Å². The van der Waals surface area contributed by atoms with Crippen molar-refractivity contribution in [3.8, 4) is 0 Å². The minimum atomic E-state index is -4.09. The third-order valence-electron chi connectivity index (χ3n) is 6.67. The predicted molar refractivity (Wildman–Crippen MR) is 122 cm³/mol. The SMILES string of the molecule is CCCC1(C(O)c2cc3cc(F)ccc3n2S(=O)(=O)c2ccccc2)CCN(C(=O)O)CC1. The Labute approximate surface area is 192 Å². The molecule has 9 heteroatoms. The van der Waals surface area contributed by atoms with Crippen LogP contribution in [0.3, 0.4) is 0 Å². The molecular formula is C24H27FN2O5S. The molecule has 0 bridgehead atoms. The van der Waals surface area contributed by atoms with Crippen LogP contribution in [0.15, 0.2) is 59.5 Å². The molecule has 1 fully saturated rings. The molecule has 2 heterocycles. The Morgan fingerprint density at radius 1 is 1.12 bits per heavy atom. The molecule has 0 spiro atoms. The van der Waals surface area contributed by atoms with Gasteiger partial charge in [-0.15, -0.1) is 0 Å². The van der Waals surface area contributed by atoms with Crippen molar-refractivity contribution >= 4 is 27.0 Å². The minimum Gasteiger partial charge on any atom is -0.465 e. The van der Waals surface area contributed by atoms with E-state index >= 15 is 0 Å². The molecule has 1 atom stereocenters. The van der Waals surface area contributed by atoms with Crippen LogP contribution in [0.2, 0.25) is 0 Å². The van der Waals surface area contributed by atoms with E-state index < -0.39 is 33.5 Å². The fraction of sp³-hybridized carbons (Fsp3) is 0.375. The van der Waals surface area contributed by atoms with Crippen LogP contribution in [0.5, 0.6) is 0 Å². The molecule has 1 amide bonds. The molecule has 4 rings (SSSR count). The van der Waals surface area contributed by atoms with Gasteiger partial charge in [0.2, 0.25) is 0 Å². The quantitative estimate of drug-likeness (QED) is 0.543. The largest absolute Gasteiger partial charge is 0.465 e. The highest BCUT2D eigenvalue weighted by atomic mass is 32.2. The summed E-state index contributed by atoms with van der Waals surface area (Å²) in [6.45, 7) is 2.49. The van der Waals surface area contributed by atoms with Crippen LogP contribution in [0.25, 0.3) is 10.9 Å². The van der Waals surface area contributed by atoms with Gasteiger partial charge in [0, 0.05) is 23.9 Å². The van der Waals surface area contributed by atoms with Gasteiger partial charge in [-0.25, -0.2) is 21.6 Å². The number of amides is 1. The fourth-order valence-electron chi connectivity index (χ4n) is 4.95. The number of benzene rings is 2. The Hall–Kier alpha value is -2.91. The Balaban J connectivity index is 1.88. The van der Waals surface area contributed by atoms with E-state index in [0.29, 0.717) is 24.6 Å². The number of aliphatic hydroxyl groups is 1. The number of fused-ring (bicyclic) bond motifs is 1. The van der Waals surface area contributed by atoms with E-state index in [1.807, 2.05) is 6.92 Å². The Kier molecular flexibility index (Phi) is 6.20. The van der Waals surface area contributed by atoms with Crippen LogP contribution in [-0.4, -0.2) is 46.7 Å². The molecule has 2 aromatic carbocycles. The zero-order valence-electron chi connectivity index (χ0n) is 18.3. The summed E-state index contributed by atoms with van der Waals surface area (Å²) in [6, 6.07) is 13.3. The van der Waals surface area contributed by atoms with Gasteiger partial charge in [-0.3, -0.25) is 0 Å². The molecule has 1 saturated heterocycles. The number of likely N-dealkylation sites (tertiary alicyclic amines) is 1. The van der Waals surface area contributed by atoms with E-state index in [1.165, 1.54) is 41.3 Å².